The number of aliphatic hydroxyl groups excluding tert-OH is 1. The zero-order chi connectivity index (χ0) is 15.3. The minimum Gasteiger partial charge on any atom is -0.484 e. The molecule has 1 aromatic carbocycles. The first kappa shape index (κ1) is 15.8. The Balaban J connectivity index is 1.84. The van der Waals surface area contributed by atoms with Gasteiger partial charge in [-0.3, -0.25) is 4.79 Å². The number of carbonyl (C=O) groups is 1. The van der Waals surface area contributed by atoms with E-state index in [-0.39, 0.29) is 19.1 Å². The number of amides is 1. The summed E-state index contributed by atoms with van der Waals surface area (Å²) in [7, 11) is 0. The van der Waals surface area contributed by atoms with Crippen LogP contribution in [0.3, 0.4) is 0 Å². The first-order valence-corrected chi connectivity index (χ1v) is 7.64. The van der Waals surface area contributed by atoms with Crippen molar-refractivity contribution >= 4 is 5.91 Å². The van der Waals surface area contributed by atoms with Gasteiger partial charge in [0.15, 0.2) is 6.61 Å². The van der Waals surface area contributed by atoms with Crippen LogP contribution in [0, 0.1) is 12.8 Å². The predicted molar refractivity (Wildman–Crippen MR) is 82.3 cm³/mol. The number of hydrogen-bond acceptors (Lipinski definition) is 3. The molecule has 0 atom stereocenters. The predicted octanol–water partition coefficient (Wildman–Crippen LogP) is 2.43. The fourth-order valence-corrected chi connectivity index (χ4v) is 2.75. The van der Waals surface area contributed by atoms with Crippen molar-refractivity contribution in [3.63, 3.8) is 0 Å². The average Bonchev–Trinajstić information content (AvgIpc) is 2.49. The van der Waals surface area contributed by atoms with E-state index in [1.165, 1.54) is 0 Å². The smallest absolute Gasteiger partial charge is 0.258 e. The van der Waals surface area contributed by atoms with Crippen LogP contribution in [-0.4, -0.2) is 29.8 Å². The largest absolute Gasteiger partial charge is 0.484 e. The van der Waals surface area contributed by atoms with E-state index in [0.29, 0.717) is 11.7 Å². The highest BCUT2D eigenvalue weighted by Gasteiger charge is 2.34. The molecule has 0 spiro atoms. The monoisotopic (exact) mass is 291 g/mol. The molecule has 1 saturated carbocycles. The maximum absolute atomic E-state index is 12.0. The molecule has 2 N–H and O–H groups in total. The molecule has 4 heteroatoms. The Kier molecular flexibility index (Phi) is 5.23. The van der Waals surface area contributed by atoms with Crippen molar-refractivity contribution in [2.45, 2.75) is 45.1 Å². The normalized spacial score (nSPS) is 25.4. The Hall–Kier alpha value is -1.55. The second-order valence-electron chi connectivity index (χ2n) is 6.27. The average molecular weight is 291 g/mol. The Bertz CT molecular complexity index is 461. The van der Waals surface area contributed by atoms with E-state index in [4.69, 9.17) is 4.74 Å². The molecule has 0 unspecified atom stereocenters. The van der Waals surface area contributed by atoms with Crippen molar-refractivity contribution in [2.75, 3.05) is 13.2 Å². The summed E-state index contributed by atoms with van der Waals surface area (Å²) >= 11 is 0. The lowest BCUT2D eigenvalue weighted by Gasteiger charge is -2.38. The SMILES string of the molecule is Cc1ccc(OCC(=O)NC2(CO)CCC(C)CC2)cc1. The third-order valence-electron chi connectivity index (χ3n) is 4.33. The topological polar surface area (TPSA) is 58.6 Å². The van der Waals surface area contributed by atoms with E-state index < -0.39 is 5.54 Å². The lowest BCUT2D eigenvalue weighted by molar-refractivity contribution is -0.126. The zero-order valence-electron chi connectivity index (χ0n) is 12.9. The molecule has 4 nitrogen and oxygen atoms in total. The molecule has 1 fully saturated rings. The molecule has 0 bridgehead atoms. The quantitative estimate of drug-likeness (QED) is 0.876. The molecule has 1 amide bonds. The van der Waals surface area contributed by atoms with Crippen LogP contribution in [0.5, 0.6) is 5.75 Å². The highest BCUT2D eigenvalue weighted by Crippen LogP contribution is 2.31. The lowest BCUT2D eigenvalue weighted by Crippen LogP contribution is -2.54. The number of rotatable bonds is 5. The summed E-state index contributed by atoms with van der Waals surface area (Å²) in [5.74, 6) is 1.19. The first-order valence-electron chi connectivity index (χ1n) is 7.64. The fourth-order valence-electron chi connectivity index (χ4n) is 2.75. The molecule has 1 aliphatic rings. The van der Waals surface area contributed by atoms with Crippen LogP contribution in [0.2, 0.25) is 0 Å². The first-order chi connectivity index (χ1) is 10.0. The van der Waals surface area contributed by atoms with Crippen LogP contribution in [-0.2, 0) is 4.79 Å². The Labute approximate surface area is 126 Å². The molecule has 0 aliphatic heterocycles. The summed E-state index contributed by atoms with van der Waals surface area (Å²) in [4.78, 5) is 12.0. The maximum atomic E-state index is 12.0. The summed E-state index contributed by atoms with van der Waals surface area (Å²) in [5, 5.41) is 12.6. The number of aryl methyl sites for hydroxylation is 1. The Morgan fingerprint density at radius 3 is 2.52 bits per heavy atom. The van der Waals surface area contributed by atoms with E-state index in [2.05, 4.69) is 12.2 Å². The highest BCUT2D eigenvalue weighted by atomic mass is 16.5. The number of benzene rings is 1. The van der Waals surface area contributed by atoms with E-state index in [1.54, 1.807) is 0 Å². The van der Waals surface area contributed by atoms with Crippen molar-refractivity contribution in [3.05, 3.63) is 29.8 Å². The summed E-state index contributed by atoms with van der Waals surface area (Å²) < 4.78 is 5.48. The minimum atomic E-state index is -0.458. The van der Waals surface area contributed by atoms with E-state index in [0.717, 1.165) is 31.2 Å². The molecular weight excluding hydrogens is 266 g/mol. The summed E-state index contributed by atoms with van der Waals surface area (Å²) in [5.41, 5.74) is 0.697. The van der Waals surface area contributed by atoms with Gasteiger partial charge in [-0.05, 0) is 50.7 Å². The number of ether oxygens (including phenoxy) is 1. The van der Waals surface area contributed by atoms with Gasteiger partial charge in [-0.25, -0.2) is 0 Å². The number of hydrogen-bond donors (Lipinski definition) is 2. The van der Waals surface area contributed by atoms with Gasteiger partial charge >= 0.3 is 0 Å². The minimum absolute atomic E-state index is 0.00398. The van der Waals surface area contributed by atoms with Crippen LogP contribution in [0.25, 0.3) is 0 Å². The molecule has 0 aromatic heterocycles. The summed E-state index contributed by atoms with van der Waals surface area (Å²) in [6.45, 7) is 4.20. The van der Waals surface area contributed by atoms with Gasteiger partial charge in [0.05, 0.1) is 12.1 Å². The maximum Gasteiger partial charge on any atom is 0.258 e. The van der Waals surface area contributed by atoms with Crippen LogP contribution in [0.4, 0.5) is 0 Å². The highest BCUT2D eigenvalue weighted by molar-refractivity contribution is 5.78. The molecule has 0 saturated heterocycles. The standard InChI is InChI=1S/C17H25NO3/c1-13-3-5-15(6-4-13)21-11-16(20)18-17(12-19)9-7-14(2)8-10-17/h3-6,14,19H,7-12H2,1-2H3,(H,18,20). The molecule has 2 rings (SSSR count). The number of carbonyl (C=O) groups excluding carboxylic acids is 1. The van der Waals surface area contributed by atoms with Gasteiger partial charge in [-0.15, -0.1) is 0 Å². The Morgan fingerprint density at radius 1 is 1.33 bits per heavy atom. The fraction of sp³-hybridized carbons (Fsp3) is 0.588. The lowest BCUT2D eigenvalue weighted by atomic mass is 9.77. The second-order valence-corrected chi connectivity index (χ2v) is 6.27. The van der Waals surface area contributed by atoms with Gasteiger partial charge in [0, 0.05) is 0 Å². The van der Waals surface area contributed by atoms with Crippen molar-refractivity contribution in [2.24, 2.45) is 5.92 Å². The van der Waals surface area contributed by atoms with E-state index in [1.807, 2.05) is 31.2 Å². The van der Waals surface area contributed by atoms with Gasteiger partial charge in [0.25, 0.3) is 5.91 Å². The van der Waals surface area contributed by atoms with Crippen LogP contribution in [0.15, 0.2) is 24.3 Å². The zero-order valence-corrected chi connectivity index (χ0v) is 12.9. The van der Waals surface area contributed by atoms with Crippen molar-refractivity contribution in [3.8, 4) is 5.75 Å². The molecule has 0 heterocycles. The molecule has 1 aromatic rings. The van der Waals surface area contributed by atoms with Gasteiger partial charge in [-0.2, -0.15) is 0 Å². The van der Waals surface area contributed by atoms with E-state index in [9.17, 15) is 9.90 Å². The number of nitrogens with one attached hydrogen (secondary N) is 1. The van der Waals surface area contributed by atoms with Crippen LogP contribution < -0.4 is 10.1 Å². The second kappa shape index (κ2) is 6.94. The van der Waals surface area contributed by atoms with Crippen molar-refractivity contribution in [1.82, 2.24) is 5.32 Å². The van der Waals surface area contributed by atoms with Crippen molar-refractivity contribution < 1.29 is 14.6 Å². The molecule has 0 radical (unpaired) electrons. The Morgan fingerprint density at radius 2 is 1.95 bits per heavy atom. The third-order valence-corrected chi connectivity index (χ3v) is 4.33. The van der Waals surface area contributed by atoms with Crippen LogP contribution in [0.1, 0.15) is 38.2 Å². The van der Waals surface area contributed by atoms with Crippen LogP contribution >= 0.6 is 0 Å². The van der Waals surface area contributed by atoms with Gasteiger partial charge in [0.2, 0.25) is 0 Å². The summed E-state index contributed by atoms with van der Waals surface area (Å²) in [6.07, 6.45) is 3.75. The molecule has 116 valence electrons. The van der Waals surface area contributed by atoms with Gasteiger partial charge in [0.1, 0.15) is 5.75 Å². The molecule has 1 aliphatic carbocycles. The van der Waals surface area contributed by atoms with Gasteiger partial charge < -0.3 is 15.2 Å². The molecular formula is C17H25NO3. The van der Waals surface area contributed by atoms with Crippen molar-refractivity contribution in [1.29, 1.82) is 0 Å². The van der Waals surface area contributed by atoms with E-state index >= 15 is 0 Å². The summed E-state index contributed by atoms with van der Waals surface area (Å²) in [6, 6.07) is 7.61. The third kappa shape index (κ3) is 4.46. The van der Waals surface area contributed by atoms with Gasteiger partial charge in [-0.1, -0.05) is 24.6 Å². The molecule has 21 heavy (non-hydrogen) atoms. The number of aliphatic hydroxyl groups is 1.